The molecule has 1 fully saturated rings. The Bertz CT molecular complexity index is 1530. The molecule has 5 rings (SSSR count). The van der Waals surface area contributed by atoms with Crippen molar-refractivity contribution in [3.8, 4) is 0 Å². The number of imidazole rings is 1. The lowest BCUT2D eigenvalue weighted by molar-refractivity contribution is -0.123. The second kappa shape index (κ2) is 11.6. The molecule has 3 aromatic carbocycles. The monoisotopic (exact) mass is 625 g/mol. The van der Waals surface area contributed by atoms with E-state index >= 15 is 0 Å². The van der Waals surface area contributed by atoms with Crippen molar-refractivity contribution in [3.05, 3.63) is 81.3 Å². The van der Waals surface area contributed by atoms with Gasteiger partial charge in [0.05, 0.1) is 26.5 Å². The number of nitrogens with one attached hydrogen (secondary N) is 3. The standard InChI is InChI=1S/C29H29BrClN5O2S/c1-36-25-12-6-19(26(37)33-21-9-7-20(30)8-10-21)16-24(25)35-28(36)34-23-15-18(5-11-22(23)31)17-32-27(38)29(39-2)13-3-4-14-29/h5-12,15-16H,3-4,13-14,17H2,1-2H3,(H,32,38)(H,33,37)(H,34,35). The van der Waals surface area contributed by atoms with E-state index in [0.29, 0.717) is 40.0 Å². The first-order chi connectivity index (χ1) is 18.8. The third-order valence-corrected chi connectivity index (χ3v) is 9.42. The van der Waals surface area contributed by atoms with Gasteiger partial charge in [0, 0.05) is 29.3 Å². The molecule has 1 aliphatic rings. The zero-order valence-electron chi connectivity index (χ0n) is 21.7. The quantitative estimate of drug-likeness (QED) is 0.191. The largest absolute Gasteiger partial charge is 0.351 e. The fourth-order valence-electron chi connectivity index (χ4n) is 4.90. The van der Waals surface area contributed by atoms with Crippen molar-refractivity contribution in [1.29, 1.82) is 0 Å². The minimum absolute atomic E-state index is 0.104. The number of carbonyl (C=O) groups is 2. The van der Waals surface area contributed by atoms with Gasteiger partial charge in [0.1, 0.15) is 0 Å². The van der Waals surface area contributed by atoms with Crippen molar-refractivity contribution in [2.24, 2.45) is 7.05 Å². The molecule has 4 aromatic rings. The van der Waals surface area contributed by atoms with Gasteiger partial charge in [-0.25, -0.2) is 4.98 Å². The highest BCUT2D eigenvalue weighted by molar-refractivity contribution is 9.10. The van der Waals surface area contributed by atoms with Gasteiger partial charge >= 0.3 is 0 Å². The number of nitrogens with zero attached hydrogens (tertiary/aromatic N) is 2. The van der Waals surface area contributed by atoms with E-state index in [1.807, 2.05) is 66.4 Å². The lowest BCUT2D eigenvalue weighted by atomic mass is 10.1. The van der Waals surface area contributed by atoms with Crippen LogP contribution in [0.15, 0.2) is 65.1 Å². The van der Waals surface area contributed by atoms with Gasteiger partial charge in [0.15, 0.2) is 0 Å². The number of aryl methyl sites for hydroxylation is 1. The van der Waals surface area contributed by atoms with Crippen LogP contribution in [-0.4, -0.2) is 32.4 Å². The molecule has 0 spiro atoms. The van der Waals surface area contributed by atoms with Crippen molar-refractivity contribution < 1.29 is 9.59 Å². The van der Waals surface area contributed by atoms with E-state index in [9.17, 15) is 9.59 Å². The van der Waals surface area contributed by atoms with Crippen molar-refractivity contribution in [3.63, 3.8) is 0 Å². The summed E-state index contributed by atoms with van der Waals surface area (Å²) in [5, 5.41) is 9.90. The van der Waals surface area contributed by atoms with Gasteiger partial charge in [-0.15, -0.1) is 11.8 Å². The molecule has 2 amide bonds. The van der Waals surface area contributed by atoms with Crippen LogP contribution in [0.5, 0.6) is 0 Å². The van der Waals surface area contributed by atoms with Crippen LogP contribution in [0.1, 0.15) is 41.6 Å². The van der Waals surface area contributed by atoms with Crippen molar-refractivity contribution in [2.45, 2.75) is 37.0 Å². The van der Waals surface area contributed by atoms with E-state index in [1.54, 1.807) is 23.9 Å². The third kappa shape index (κ3) is 5.95. The zero-order valence-corrected chi connectivity index (χ0v) is 24.8. The van der Waals surface area contributed by atoms with Crippen LogP contribution in [0.2, 0.25) is 5.02 Å². The number of rotatable bonds is 8. The Labute approximate surface area is 245 Å². The zero-order chi connectivity index (χ0) is 27.6. The summed E-state index contributed by atoms with van der Waals surface area (Å²) in [5.74, 6) is 0.483. The maximum atomic E-state index is 12.9. The number of thioether (sulfide) groups is 1. The summed E-state index contributed by atoms with van der Waals surface area (Å²) in [4.78, 5) is 30.5. The molecular weight excluding hydrogens is 598 g/mol. The number of hydrogen-bond acceptors (Lipinski definition) is 5. The molecule has 3 N–H and O–H groups in total. The Morgan fingerprint density at radius 3 is 2.54 bits per heavy atom. The van der Waals surface area contributed by atoms with Gasteiger partial charge in [-0.1, -0.05) is 46.4 Å². The maximum Gasteiger partial charge on any atom is 0.255 e. The molecule has 0 radical (unpaired) electrons. The summed E-state index contributed by atoms with van der Waals surface area (Å²) < 4.78 is 2.55. The summed E-state index contributed by atoms with van der Waals surface area (Å²) in [6.07, 6.45) is 6.06. The molecule has 7 nitrogen and oxygen atoms in total. The highest BCUT2D eigenvalue weighted by Gasteiger charge is 2.40. The molecule has 0 bridgehead atoms. The third-order valence-electron chi connectivity index (χ3n) is 7.19. The molecule has 39 heavy (non-hydrogen) atoms. The predicted octanol–water partition coefficient (Wildman–Crippen LogP) is 7.28. The number of amides is 2. The smallest absolute Gasteiger partial charge is 0.255 e. The summed E-state index contributed by atoms with van der Waals surface area (Å²) >= 11 is 11.6. The molecule has 1 heterocycles. The topological polar surface area (TPSA) is 88.1 Å². The Hall–Kier alpha value is -3.01. The second-order valence-corrected chi connectivity index (χ2v) is 12.2. The highest BCUT2D eigenvalue weighted by Crippen LogP contribution is 2.40. The molecule has 202 valence electrons. The molecule has 0 unspecified atom stereocenters. The summed E-state index contributed by atoms with van der Waals surface area (Å²) in [6.45, 7) is 0.423. The Morgan fingerprint density at radius 2 is 1.82 bits per heavy atom. The molecule has 10 heteroatoms. The van der Waals surface area contributed by atoms with E-state index in [-0.39, 0.29) is 16.6 Å². The van der Waals surface area contributed by atoms with Crippen molar-refractivity contribution in [2.75, 3.05) is 16.9 Å². The average molecular weight is 627 g/mol. The van der Waals surface area contributed by atoms with E-state index in [1.165, 1.54) is 0 Å². The number of aromatic nitrogens is 2. The first-order valence-corrected chi connectivity index (χ1v) is 15.1. The Balaban J connectivity index is 1.31. The number of carbonyl (C=O) groups excluding carboxylic acids is 2. The van der Waals surface area contributed by atoms with Crippen LogP contribution < -0.4 is 16.0 Å². The molecule has 1 aliphatic carbocycles. The number of benzene rings is 3. The predicted molar refractivity (Wildman–Crippen MR) is 164 cm³/mol. The lowest BCUT2D eigenvalue weighted by Crippen LogP contribution is -2.41. The van der Waals surface area contributed by atoms with E-state index in [4.69, 9.17) is 16.6 Å². The summed E-state index contributed by atoms with van der Waals surface area (Å²) in [6, 6.07) is 18.5. The van der Waals surface area contributed by atoms with Crippen LogP contribution in [0.4, 0.5) is 17.3 Å². The number of fused-ring (bicyclic) bond motifs is 1. The molecule has 1 saturated carbocycles. The van der Waals surface area contributed by atoms with Gasteiger partial charge in [-0.2, -0.15) is 0 Å². The van der Waals surface area contributed by atoms with Crippen LogP contribution in [-0.2, 0) is 18.4 Å². The van der Waals surface area contributed by atoms with Gasteiger partial charge in [-0.3, -0.25) is 9.59 Å². The molecule has 0 saturated heterocycles. The fraction of sp³-hybridized carbons (Fsp3) is 0.276. The van der Waals surface area contributed by atoms with Gasteiger partial charge in [0.25, 0.3) is 5.91 Å². The van der Waals surface area contributed by atoms with E-state index in [0.717, 1.165) is 41.2 Å². The lowest BCUT2D eigenvalue weighted by Gasteiger charge is -2.25. The second-order valence-electron chi connectivity index (χ2n) is 9.69. The Morgan fingerprint density at radius 1 is 1.08 bits per heavy atom. The minimum Gasteiger partial charge on any atom is -0.351 e. The minimum atomic E-state index is -0.311. The first-order valence-electron chi connectivity index (χ1n) is 12.7. The Kier molecular flexibility index (Phi) is 8.21. The number of halogens is 2. The van der Waals surface area contributed by atoms with Gasteiger partial charge in [0.2, 0.25) is 11.9 Å². The van der Waals surface area contributed by atoms with Gasteiger partial charge in [-0.05, 0) is 79.3 Å². The van der Waals surface area contributed by atoms with Gasteiger partial charge < -0.3 is 20.5 Å². The van der Waals surface area contributed by atoms with Crippen molar-refractivity contribution in [1.82, 2.24) is 14.9 Å². The average Bonchev–Trinajstić information content (AvgIpc) is 3.55. The normalized spacial score (nSPS) is 14.4. The van der Waals surface area contributed by atoms with Crippen molar-refractivity contribution >= 4 is 79.5 Å². The van der Waals surface area contributed by atoms with Crippen LogP contribution >= 0.6 is 39.3 Å². The van der Waals surface area contributed by atoms with E-state index < -0.39 is 0 Å². The van der Waals surface area contributed by atoms with Crippen LogP contribution in [0.25, 0.3) is 11.0 Å². The van der Waals surface area contributed by atoms with E-state index in [2.05, 4.69) is 31.9 Å². The van der Waals surface area contributed by atoms with Crippen LogP contribution in [0, 0.1) is 0 Å². The number of hydrogen-bond donors (Lipinski definition) is 3. The maximum absolute atomic E-state index is 12.9. The fourth-order valence-corrected chi connectivity index (χ4v) is 6.28. The van der Waals surface area contributed by atoms with Crippen LogP contribution in [0.3, 0.4) is 0 Å². The molecule has 0 atom stereocenters. The highest BCUT2D eigenvalue weighted by atomic mass is 79.9. The molecular formula is C29H29BrClN5O2S. The molecule has 1 aromatic heterocycles. The first kappa shape index (κ1) is 27.6. The SMILES string of the molecule is CSC1(C(=O)NCc2ccc(Cl)c(Nc3nc4cc(C(=O)Nc5ccc(Br)cc5)ccc4n3C)c2)CCCC1. The summed E-state index contributed by atoms with van der Waals surface area (Å²) in [5.41, 5.74) is 4.41. The number of anilines is 3. The summed E-state index contributed by atoms with van der Waals surface area (Å²) in [7, 11) is 1.90. The molecule has 0 aliphatic heterocycles.